The summed E-state index contributed by atoms with van der Waals surface area (Å²) in [5.41, 5.74) is 9.23. The fraction of sp³-hybridized carbons (Fsp3) is 0.711. The van der Waals surface area contributed by atoms with E-state index in [2.05, 4.69) is 71.1 Å². The molecule has 3 unspecified atom stereocenters. The molecule has 1 aromatic rings. The number of ketones is 1. The number of benzene rings is 1. The van der Waals surface area contributed by atoms with Crippen LogP contribution in [0.4, 0.5) is 0 Å². The SMILES string of the molecule is CC.CC.CCC1(C)CCC(C)(C)c2cc(C)c(CC3=CC=C(C(C)=O)C4CC34)cc21.CCCC1CCNCC1. The molecule has 1 N–H and O–H groups in total. The van der Waals surface area contributed by atoms with Gasteiger partial charge in [0.25, 0.3) is 0 Å². The third kappa shape index (κ3) is 8.21. The zero-order valence-electron chi connectivity index (χ0n) is 28.2. The van der Waals surface area contributed by atoms with E-state index in [0.717, 1.165) is 17.9 Å². The van der Waals surface area contributed by atoms with Gasteiger partial charge < -0.3 is 5.32 Å². The van der Waals surface area contributed by atoms with Crippen molar-refractivity contribution in [1.82, 2.24) is 5.32 Å². The monoisotopic (exact) mass is 549 g/mol. The Kier molecular flexibility index (Phi) is 13.4. The number of aryl methyl sites for hydroxylation is 1. The van der Waals surface area contributed by atoms with E-state index in [1.54, 1.807) is 18.1 Å². The quantitative estimate of drug-likeness (QED) is 0.382. The zero-order valence-corrected chi connectivity index (χ0v) is 28.2. The van der Waals surface area contributed by atoms with Crippen molar-refractivity contribution >= 4 is 5.78 Å². The van der Waals surface area contributed by atoms with Gasteiger partial charge in [0, 0.05) is 0 Å². The molecule has 0 radical (unpaired) electrons. The van der Waals surface area contributed by atoms with E-state index < -0.39 is 0 Å². The van der Waals surface area contributed by atoms with Crippen LogP contribution in [0.25, 0.3) is 0 Å². The van der Waals surface area contributed by atoms with Crippen LogP contribution in [-0.2, 0) is 22.0 Å². The average molecular weight is 550 g/mol. The number of rotatable bonds is 6. The maximum atomic E-state index is 11.8. The molecule has 1 aromatic carbocycles. The molecule has 40 heavy (non-hydrogen) atoms. The molecule has 5 rings (SSSR count). The highest BCUT2D eigenvalue weighted by molar-refractivity contribution is 5.95. The molecule has 226 valence electrons. The molecular weight excluding hydrogens is 486 g/mol. The Hall–Kier alpha value is -1.67. The summed E-state index contributed by atoms with van der Waals surface area (Å²) in [6.45, 7) is 26.4. The molecule has 2 nitrogen and oxygen atoms in total. The molecule has 0 bridgehead atoms. The molecule has 1 heterocycles. The van der Waals surface area contributed by atoms with Gasteiger partial charge in [0.15, 0.2) is 5.78 Å². The first kappa shape index (κ1) is 34.5. The molecule has 0 amide bonds. The maximum Gasteiger partial charge on any atom is 0.156 e. The van der Waals surface area contributed by atoms with E-state index in [9.17, 15) is 4.79 Å². The van der Waals surface area contributed by atoms with E-state index in [1.807, 2.05) is 27.7 Å². The number of fused-ring (bicyclic) bond motifs is 2. The lowest BCUT2D eigenvalue weighted by Crippen LogP contribution is -2.35. The summed E-state index contributed by atoms with van der Waals surface area (Å²) < 4.78 is 0. The van der Waals surface area contributed by atoms with Crippen molar-refractivity contribution in [2.24, 2.45) is 17.8 Å². The predicted molar refractivity (Wildman–Crippen MR) is 176 cm³/mol. The second-order valence-corrected chi connectivity index (χ2v) is 13.1. The summed E-state index contributed by atoms with van der Waals surface area (Å²) in [5.74, 6) is 2.40. The zero-order chi connectivity index (χ0) is 30.1. The minimum Gasteiger partial charge on any atom is -0.317 e. The van der Waals surface area contributed by atoms with Crippen molar-refractivity contribution in [1.29, 1.82) is 0 Å². The number of carbonyl (C=O) groups excluding carboxylic acids is 1. The van der Waals surface area contributed by atoms with Crippen LogP contribution < -0.4 is 5.32 Å². The van der Waals surface area contributed by atoms with Crippen LogP contribution in [0, 0.1) is 24.7 Å². The van der Waals surface area contributed by atoms with Crippen molar-refractivity contribution in [2.45, 2.75) is 145 Å². The summed E-state index contributed by atoms with van der Waals surface area (Å²) in [6, 6.07) is 5.03. The lowest BCUT2D eigenvalue weighted by Gasteiger charge is -2.44. The third-order valence-electron chi connectivity index (χ3n) is 10.0. The van der Waals surface area contributed by atoms with Crippen LogP contribution in [0.3, 0.4) is 0 Å². The molecule has 2 fully saturated rings. The van der Waals surface area contributed by atoms with Crippen molar-refractivity contribution in [2.75, 3.05) is 13.1 Å². The molecule has 2 heteroatoms. The molecule has 0 aromatic heterocycles. The summed E-state index contributed by atoms with van der Waals surface area (Å²) in [6.07, 6.45) is 15.9. The second-order valence-electron chi connectivity index (χ2n) is 13.1. The first-order chi connectivity index (χ1) is 19.1. The molecule has 1 saturated heterocycles. The van der Waals surface area contributed by atoms with Gasteiger partial charge in [-0.2, -0.15) is 0 Å². The predicted octanol–water partition coefficient (Wildman–Crippen LogP) is 10.2. The number of allylic oxidation sites excluding steroid dienone is 4. The minimum absolute atomic E-state index is 0.253. The number of carbonyl (C=O) groups is 1. The summed E-state index contributed by atoms with van der Waals surface area (Å²) in [5, 5.41) is 3.37. The Morgan fingerprint density at radius 1 is 0.925 bits per heavy atom. The van der Waals surface area contributed by atoms with E-state index in [-0.39, 0.29) is 11.2 Å². The highest BCUT2D eigenvalue weighted by atomic mass is 16.1. The van der Waals surface area contributed by atoms with Crippen LogP contribution >= 0.6 is 0 Å². The van der Waals surface area contributed by atoms with Crippen LogP contribution in [0.15, 0.2) is 35.4 Å². The van der Waals surface area contributed by atoms with Crippen LogP contribution in [0.5, 0.6) is 0 Å². The van der Waals surface area contributed by atoms with Gasteiger partial charge in [0.1, 0.15) is 0 Å². The summed E-state index contributed by atoms with van der Waals surface area (Å²) in [7, 11) is 0. The highest BCUT2D eigenvalue weighted by Crippen LogP contribution is 2.53. The van der Waals surface area contributed by atoms with E-state index in [1.165, 1.54) is 81.2 Å². The first-order valence-corrected chi connectivity index (χ1v) is 16.9. The van der Waals surface area contributed by atoms with Gasteiger partial charge in [-0.05, 0) is 128 Å². The average Bonchev–Trinajstić information content (AvgIpc) is 3.77. The van der Waals surface area contributed by atoms with Gasteiger partial charge >= 0.3 is 0 Å². The van der Waals surface area contributed by atoms with Crippen LogP contribution in [0.2, 0.25) is 0 Å². The Bertz CT molecular complexity index is 1020. The smallest absolute Gasteiger partial charge is 0.156 e. The maximum absolute atomic E-state index is 11.8. The van der Waals surface area contributed by atoms with Gasteiger partial charge in [-0.3, -0.25) is 4.79 Å². The van der Waals surface area contributed by atoms with Crippen LogP contribution in [-0.4, -0.2) is 18.9 Å². The Morgan fingerprint density at radius 2 is 1.57 bits per heavy atom. The molecule has 3 atom stereocenters. The van der Waals surface area contributed by atoms with Crippen molar-refractivity contribution in [3.63, 3.8) is 0 Å². The standard InChI is InChI=1S/C26H34O.C8H17N.2C2H6/c1-7-26(6)11-10-25(4,5)23-12-16(2)19(14-24(23)26)13-18-8-9-20(17(3)27)22-15-21(18)22;1-2-3-8-4-6-9-7-5-8;2*1-2/h8-9,12,14,21-22H,7,10-11,13,15H2,1-6H3;8-9H,2-7H2,1H3;2*1-2H3. The fourth-order valence-electron chi connectivity index (χ4n) is 6.99. The fourth-order valence-corrected chi connectivity index (χ4v) is 6.99. The second kappa shape index (κ2) is 15.5. The van der Waals surface area contributed by atoms with Crippen molar-refractivity contribution < 1.29 is 4.79 Å². The third-order valence-corrected chi connectivity index (χ3v) is 10.0. The number of hydrogen-bond acceptors (Lipinski definition) is 2. The Labute approximate surface area is 248 Å². The molecule has 1 aliphatic heterocycles. The largest absolute Gasteiger partial charge is 0.317 e. The Morgan fingerprint density at radius 3 is 2.15 bits per heavy atom. The first-order valence-electron chi connectivity index (χ1n) is 16.9. The molecule has 3 aliphatic carbocycles. The van der Waals surface area contributed by atoms with Crippen molar-refractivity contribution in [3.05, 3.63) is 57.7 Å². The van der Waals surface area contributed by atoms with E-state index in [0.29, 0.717) is 17.3 Å². The lowest BCUT2D eigenvalue weighted by molar-refractivity contribution is -0.113. The number of hydrogen-bond donors (Lipinski definition) is 1. The van der Waals surface area contributed by atoms with Gasteiger partial charge in [-0.1, -0.05) is 105 Å². The highest BCUT2D eigenvalue weighted by Gasteiger charge is 2.45. The molecular formula is C38H63NO. The van der Waals surface area contributed by atoms with Gasteiger partial charge in [0.2, 0.25) is 0 Å². The molecule has 1 saturated carbocycles. The van der Waals surface area contributed by atoms with Gasteiger partial charge in [-0.25, -0.2) is 0 Å². The normalized spacial score (nSPS) is 26.1. The van der Waals surface area contributed by atoms with Gasteiger partial charge in [-0.15, -0.1) is 0 Å². The minimum atomic E-state index is 0.253. The Balaban J connectivity index is 0.000000362. The number of piperidine rings is 1. The van der Waals surface area contributed by atoms with Gasteiger partial charge in [0.05, 0.1) is 0 Å². The number of Topliss-reactive ketones (excluding diaryl/α,β-unsaturated/α-hetero) is 1. The van der Waals surface area contributed by atoms with E-state index in [4.69, 9.17) is 0 Å². The lowest BCUT2D eigenvalue weighted by atomic mass is 9.61. The molecule has 4 aliphatic rings. The van der Waals surface area contributed by atoms with Crippen molar-refractivity contribution in [3.8, 4) is 0 Å². The number of nitrogens with one attached hydrogen (secondary N) is 1. The van der Waals surface area contributed by atoms with E-state index >= 15 is 0 Å². The molecule has 0 spiro atoms. The summed E-state index contributed by atoms with van der Waals surface area (Å²) >= 11 is 0. The van der Waals surface area contributed by atoms with Crippen LogP contribution in [0.1, 0.15) is 143 Å². The topological polar surface area (TPSA) is 29.1 Å². The summed E-state index contributed by atoms with van der Waals surface area (Å²) in [4.78, 5) is 11.8.